The predicted octanol–water partition coefficient (Wildman–Crippen LogP) is 3.67. The molecule has 2 N–H and O–H groups in total. The summed E-state index contributed by atoms with van der Waals surface area (Å²) in [5, 5.41) is 17.1. The zero-order valence-electron chi connectivity index (χ0n) is 19.7. The summed E-state index contributed by atoms with van der Waals surface area (Å²) >= 11 is 0. The van der Waals surface area contributed by atoms with Crippen LogP contribution in [0.4, 0.5) is 5.82 Å². The van der Waals surface area contributed by atoms with Gasteiger partial charge in [0.15, 0.2) is 0 Å². The fraction of sp³-hybridized carbons (Fsp3) is 0.240. The Bertz CT molecular complexity index is 1370. The number of aromatic nitrogens is 4. The molecule has 36 heavy (non-hydrogen) atoms. The van der Waals surface area contributed by atoms with Crippen LogP contribution in [0.5, 0.6) is 17.2 Å². The first-order chi connectivity index (χ1) is 17.4. The summed E-state index contributed by atoms with van der Waals surface area (Å²) in [6.45, 7) is 2.64. The molecule has 1 fully saturated rings. The van der Waals surface area contributed by atoms with Crippen molar-refractivity contribution in [1.29, 1.82) is 0 Å². The highest BCUT2D eigenvalue weighted by Gasteiger charge is 2.29. The van der Waals surface area contributed by atoms with Gasteiger partial charge in [-0.15, -0.1) is 10.2 Å². The zero-order chi connectivity index (χ0) is 25.1. The number of hydrogen-bond acceptors (Lipinski definition) is 8. The molecule has 0 aliphatic carbocycles. The van der Waals surface area contributed by atoms with E-state index >= 15 is 0 Å². The summed E-state index contributed by atoms with van der Waals surface area (Å²) in [6, 6.07) is 13.7. The largest absolute Gasteiger partial charge is 0.493 e. The van der Waals surface area contributed by atoms with E-state index < -0.39 is 0 Å². The Kier molecular flexibility index (Phi) is 6.35. The van der Waals surface area contributed by atoms with Crippen LogP contribution >= 0.6 is 0 Å². The molecule has 4 aromatic rings. The van der Waals surface area contributed by atoms with Crippen LogP contribution in [0.25, 0.3) is 11.5 Å². The molecule has 0 radical (unpaired) electrons. The third-order valence-corrected chi connectivity index (χ3v) is 5.74. The van der Waals surface area contributed by atoms with Crippen LogP contribution in [0.2, 0.25) is 0 Å². The number of carbonyl (C=O) groups excluding carboxylic acids is 2. The Morgan fingerprint density at radius 3 is 2.61 bits per heavy atom. The molecule has 5 rings (SSSR count). The van der Waals surface area contributed by atoms with Gasteiger partial charge >= 0.3 is 0 Å². The van der Waals surface area contributed by atoms with Gasteiger partial charge in [-0.3, -0.25) is 14.7 Å². The highest BCUT2D eigenvalue weighted by atomic mass is 16.5. The van der Waals surface area contributed by atoms with Crippen molar-refractivity contribution in [2.75, 3.05) is 25.5 Å². The van der Waals surface area contributed by atoms with Crippen LogP contribution in [-0.2, 0) is 4.79 Å². The zero-order valence-corrected chi connectivity index (χ0v) is 19.7. The Morgan fingerprint density at radius 1 is 1.14 bits per heavy atom. The number of carbonyl (C=O) groups is 2. The second-order valence-electron chi connectivity index (χ2n) is 8.43. The van der Waals surface area contributed by atoms with Crippen LogP contribution in [0.15, 0.2) is 59.1 Å². The highest BCUT2D eigenvalue weighted by molar-refractivity contribution is 6.04. The fourth-order valence-corrected chi connectivity index (χ4v) is 3.83. The van der Waals surface area contributed by atoms with Crippen LogP contribution in [0.1, 0.15) is 22.7 Å². The van der Waals surface area contributed by atoms with E-state index in [0.29, 0.717) is 47.0 Å². The molecule has 2 aromatic heterocycles. The number of hydrogen-bond donors (Lipinski definition) is 2. The number of anilines is 1. The van der Waals surface area contributed by atoms with E-state index in [9.17, 15) is 9.59 Å². The Morgan fingerprint density at radius 2 is 1.94 bits per heavy atom. The molecular weight excluding hydrogens is 464 g/mol. The molecule has 0 spiro atoms. The van der Waals surface area contributed by atoms with E-state index in [1.165, 1.54) is 0 Å². The van der Waals surface area contributed by atoms with Gasteiger partial charge < -0.3 is 24.1 Å². The second-order valence-corrected chi connectivity index (χ2v) is 8.43. The van der Waals surface area contributed by atoms with E-state index in [1.54, 1.807) is 73.6 Å². The van der Waals surface area contributed by atoms with Gasteiger partial charge in [0.25, 0.3) is 5.91 Å². The maximum Gasteiger partial charge on any atom is 0.257 e. The standard InChI is InChI=1S/C25H24N6O5/c1-15-28-30-24(35-15)16-3-5-19(6-4-16)36-21-12-18(23(32)27-22-7-9-26-29-22)11-20(13-21)34-14-17-8-10-31(2)25(17)33/h3-7,9,11-13,17H,8,10,14H2,1-2H3,(H2,26,27,29,32). The monoisotopic (exact) mass is 488 g/mol. The number of amides is 2. The molecule has 0 saturated carbocycles. The number of nitrogens with one attached hydrogen (secondary N) is 2. The summed E-state index contributed by atoms with van der Waals surface area (Å²) in [6.07, 6.45) is 2.27. The molecular formula is C25H24N6O5. The maximum absolute atomic E-state index is 12.9. The summed E-state index contributed by atoms with van der Waals surface area (Å²) in [5.74, 6) is 2.18. The minimum absolute atomic E-state index is 0.0520. The molecule has 11 nitrogen and oxygen atoms in total. The first-order valence-corrected chi connectivity index (χ1v) is 11.4. The Balaban J connectivity index is 1.36. The number of nitrogens with zero attached hydrogens (tertiary/aromatic N) is 4. The van der Waals surface area contributed by atoms with Gasteiger partial charge in [-0.25, -0.2) is 0 Å². The number of H-pyrrole nitrogens is 1. The van der Waals surface area contributed by atoms with Crippen molar-refractivity contribution in [2.24, 2.45) is 5.92 Å². The summed E-state index contributed by atoms with van der Waals surface area (Å²) in [5.41, 5.74) is 1.08. The third kappa shape index (κ3) is 5.19. The number of rotatable bonds is 8. The van der Waals surface area contributed by atoms with E-state index in [4.69, 9.17) is 13.9 Å². The lowest BCUT2D eigenvalue weighted by Gasteiger charge is -2.14. The topological polar surface area (TPSA) is 135 Å². The molecule has 1 atom stereocenters. The van der Waals surface area contributed by atoms with Crippen molar-refractivity contribution in [2.45, 2.75) is 13.3 Å². The van der Waals surface area contributed by atoms with Gasteiger partial charge in [-0.05, 0) is 42.8 Å². The molecule has 1 aliphatic heterocycles. The first-order valence-electron chi connectivity index (χ1n) is 11.4. The molecule has 1 unspecified atom stereocenters. The average molecular weight is 489 g/mol. The second kappa shape index (κ2) is 9.90. The van der Waals surface area contributed by atoms with Gasteiger partial charge in [0.05, 0.1) is 18.7 Å². The van der Waals surface area contributed by atoms with E-state index in [1.807, 2.05) is 0 Å². The normalized spacial score (nSPS) is 15.2. The number of aromatic amines is 1. The van der Waals surface area contributed by atoms with Crippen molar-refractivity contribution < 1.29 is 23.5 Å². The maximum atomic E-state index is 12.9. The summed E-state index contributed by atoms with van der Waals surface area (Å²) < 4.78 is 17.4. The smallest absolute Gasteiger partial charge is 0.257 e. The molecule has 1 aliphatic rings. The first kappa shape index (κ1) is 23.1. The van der Waals surface area contributed by atoms with Crippen LogP contribution in [-0.4, -0.2) is 57.3 Å². The third-order valence-electron chi connectivity index (χ3n) is 5.74. The van der Waals surface area contributed by atoms with E-state index in [0.717, 1.165) is 12.0 Å². The summed E-state index contributed by atoms with van der Waals surface area (Å²) in [4.78, 5) is 26.8. The van der Waals surface area contributed by atoms with Crippen molar-refractivity contribution in [3.05, 3.63) is 66.2 Å². The molecule has 2 amide bonds. The molecule has 0 bridgehead atoms. The fourth-order valence-electron chi connectivity index (χ4n) is 3.83. The minimum Gasteiger partial charge on any atom is -0.493 e. The number of benzene rings is 2. The number of likely N-dealkylation sites (tertiary alicyclic amines) is 1. The van der Waals surface area contributed by atoms with Gasteiger partial charge in [0, 0.05) is 43.8 Å². The Labute approximate surface area is 206 Å². The Hall–Kier alpha value is -4.67. The lowest BCUT2D eigenvalue weighted by Crippen LogP contribution is -2.25. The summed E-state index contributed by atoms with van der Waals surface area (Å²) in [7, 11) is 1.78. The van der Waals surface area contributed by atoms with E-state index in [-0.39, 0.29) is 24.3 Å². The molecule has 3 heterocycles. The van der Waals surface area contributed by atoms with Gasteiger partial charge in [-0.2, -0.15) is 5.10 Å². The minimum atomic E-state index is -0.367. The lowest BCUT2D eigenvalue weighted by molar-refractivity contribution is -0.130. The van der Waals surface area contributed by atoms with Gasteiger partial charge in [0.2, 0.25) is 17.7 Å². The van der Waals surface area contributed by atoms with Gasteiger partial charge in [-0.1, -0.05) is 0 Å². The van der Waals surface area contributed by atoms with Crippen molar-refractivity contribution >= 4 is 17.6 Å². The average Bonchev–Trinajstić information content (AvgIpc) is 3.62. The van der Waals surface area contributed by atoms with E-state index in [2.05, 4.69) is 25.7 Å². The van der Waals surface area contributed by atoms with Crippen LogP contribution in [0, 0.1) is 12.8 Å². The SMILES string of the molecule is Cc1nnc(-c2ccc(Oc3cc(OCC4CCN(C)C4=O)cc(C(=O)Nc4ccn[nH]4)c3)cc2)o1. The number of aryl methyl sites for hydroxylation is 1. The van der Waals surface area contributed by atoms with Crippen LogP contribution in [0.3, 0.4) is 0 Å². The van der Waals surface area contributed by atoms with Crippen molar-refractivity contribution in [3.8, 4) is 28.7 Å². The molecule has 1 saturated heterocycles. The van der Waals surface area contributed by atoms with Crippen molar-refractivity contribution in [3.63, 3.8) is 0 Å². The van der Waals surface area contributed by atoms with Crippen LogP contribution < -0.4 is 14.8 Å². The molecule has 2 aromatic carbocycles. The molecule has 11 heteroatoms. The quantitative estimate of drug-likeness (QED) is 0.384. The van der Waals surface area contributed by atoms with Crippen molar-refractivity contribution in [1.82, 2.24) is 25.3 Å². The lowest BCUT2D eigenvalue weighted by atomic mass is 10.1. The predicted molar refractivity (Wildman–Crippen MR) is 129 cm³/mol. The van der Waals surface area contributed by atoms with Gasteiger partial charge in [0.1, 0.15) is 23.1 Å². The highest BCUT2D eigenvalue weighted by Crippen LogP contribution is 2.30. The molecule has 184 valence electrons. The number of ether oxygens (including phenoxy) is 2.